The fourth-order valence-electron chi connectivity index (χ4n) is 1.40. The molecule has 20 heavy (non-hydrogen) atoms. The van der Waals surface area contributed by atoms with Gasteiger partial charge in [-0.1, -0.05) is 0 Å². The van der Waals surface area contributed by atoms with E-state index < -0.39 is 17.3 Å². The minimum atomic E-state index is -0.574. The summed E-state index contributed by atoms with van der Waals surface area (Å²) in [6, 6.07) is 0. The first-order valence-corrected chi connectivity index (χ1v) is 6.84. The molecule has 0 heterocycles. The molecule has 0 aliphatic carbocycles. The molecule has 1 amide bonds. The number of ether oxygens (including phenoxy) is 2. The van der Waals surface area contributed by atoms with Crippen LogP contribution >= 0.6 is 0 Å². The Balaban J connectivity index is 4.41. The van der Waals surface area contributed by atoms with Gasteiger partial charge in [0.05, 0.1) is 6.42 Å². The zero-order valence-electron chi connectivity index (χ0n) is 13.5. The van der Waals surface area contributed by atoms with E-state index in [2.05, 4.69) is 0 Å². The molecule has 0 saturated carbocycles. The maximum absolute atomic E-state index is 11.9. The van der Waals surface area contributed by atoms with E-state index in [1.54, 1.807) is 41.5 Å². The Morgan fingerprint density at radius 2 is 1.45 bits per heavy atom. The maximum Gasteiger partial charge on any atom is 0.410 e. The van der Waals surface area contributed by atoms with Gasteiger partial charge in [0.2, 0.25) is 0 Å². The lowest BCUT2D eigenvalue weighted by atomic mass is 10.2. The topological polar surface area (TPSA) is 81.9 Å². The van der Waals surface area contributed by atoms with Crippen LogP contribution in [-0.4, -0.2) is 47.8 Å². The van der Waals surface area contributed by atoms with Crippen LogP contribution < -0.4 is 5.73 Å². The first kappa shape index (κ1) is 18.7. The van der Waals surface area contributed by atoms with E-state index in [-0.39, 0.29) is 18.9 Å². The second-order valence-corrected chi connectivity index (χ2v) is 6.59. The van der Waals surface area contributed by atoms with E-state index in [9.17, 15) is 9.59 Å². The second kappa shape index (κ2) is 7.47. The van der Waals surface area contributed by atoms with E-state index in [1.807, 2.05) is 0 Å². The SMILES string of the molecule is CC(C)(C)OC(=O)CCN(CCN)C(=O)OC(C)(C)C. The number of carbonyl (C=O) groups is 2. The summed E-state index contributed by atoms with van der Waals surface area (Å²) in [6.07, 6.45) is -0.345. The van der Waals surface area contributed by atoms with E-state index in [0.29, 0.717) is 13.1 Å². The molecule has 0 saturated heterocycles. The fourth-order valence-corrected chi connectivity index (χ4v) is 1.40. The van der Waals surface area contributed by atoms with Gasteiger partial charge in [0.25, 0.3) is 0 Å². The molecule has 0 fully saturated rings. The van der Waals surface area contributed by atoms with Crippen molar-refractivity contribution in [2.24, 2.45) is 5.73 Å². The third-order valence-electron chi connectivity index (χ3n) is 2.06. The molecule has 0 bridgehead atoms. The Kier molecular flexibility index (Phi) is 6.99. The van der Waals surface area contributed by atoms with E-state index in [4.69, 9.17) is 15.2 Å². The highest BCUT2D eigenvalue weighted by molar-refractivity contribution is 5.72. The summed E-state index contributed by atoms with van der Waals surface area (Å²) in [5.41, 5.74) is 4.37. The molecule has 0 aliphatic rings. The molecule has 6 nitrogen and oxygen atoms in total. The van der Waals surface area contributed by atoms with Gasteiger partial charge in [-0.2, -0.15) is 0 Å². The predicted octanol–water partition coefficient (Wildman–Crippen LogP) is 1.91. The highest BCUT2D eigenvalue weighted by Gasteiger charge is 2.23. The Morgan fingerprint density at radius 1 is 0.950 bits per heavy atom. The number of nitrogens with two attached hydrogens (primary N) is 1. The van der Waals surface area contributed by atoms with Crippen LogP contribution in [0.5, 0.6) is 0 Å². The minimum absolute atomic E-state index is 0.122. The molecule has 118 valence electrons. The van der Waals surface area contributed by atoms with Crippen LogP contribution in [0.1, 0.15) is 48.0 Å². The number of carbonyl (C=O) groups excluding carboxylic acids is 2. The molecular formula is C14H28N2O4. The number of nitrogens with zero attached hydrogens (tertiary/aromatic N) is 1. The summed E-state index contributed by atoms with van der Waals surface area (Å²) in [5, 5.41) is 0. The van der Waals surface area contributed by atoms with E-state index in [1.165, 1.54) is 4.90 Å². The summed E-state index contributed by atoms with van der Waals surface area (Å²) in [4.78, 5) is 25.0. The number of amides is 1. The van der Waals surface area contributed by atoms with Gasteiger partial charge >= 0.3 is 12.1 Å². The smallest absolute Gasteiger partial charge is 0.410 e. The molecule has 0 aromatic heterocycles. The van der Waals surface area contributed by atoms with Gasteiger partial charge in [0.15, 0.2) is 0 Å². The Bertz CT molecular complexity index is 329. The molecule has 0 rings (SSSR count). The first-order valence-electron chi connectivity index (χ1n) is 6.84. The summed E-state index contributed by atoms with van der Waals surface area (Å²) in [5.74, 6) is -0.344. The van der Waals surface area contributed by atoms with Gasteiger partial charge in [0, 0.05) is 19.6 Å². The van der Waals surface area contributed by atoms with Crippen molar-refractivity contribution in [3.63, 3.8) is 0 Å². The quantitative estimate of drug-likeness (QED) is 0.781. The summed E-state index contributed by atoms with van der Waals surface area (Å²) in [6.45, 7) is 11.7. The Labute approximate surface area is 121 Å². The minimum Gasteiger partial charge on any atom is -0.460 e. The molecule has 0 atom stereocenters. The molecule has 0 radical (unpaired) electrons. The van der Waals surface area contributed by atoms with Gasteiger partial charge < -0.3 is 20.1 Å². The molecule has 6 heteroatoms. The fraction of sp³-hybridized carbons (Fsp3) is 0.857. The van der Waals surface area contributed by atoms with Crippen LogP contribution in [-0.2, 0) is 14.3 Å². The molecular weight excluding hydrogens is 260 g/mol. The van der Waals surface area contributed by atoms with Crippen molar-refractivity contribution in [3.8, 4) is 0 Å². The summed E-state index contributed by atoms with van der Waals surface area (Å²) < 4.78 is 10.5. The summed E-state index contributed by atoms with van der Waals surface area (Å²) >= 11 is 0. The van der Waals surface area contributed by atoms with Crippen molar-refractivity contribution in [2.75, 3.05) is 19.6 Å². The number of hydrogen-bond donors (Lipinski definition) is 1. The molecule has 0 spiro atoms. The van der Waals surface area contributed by atoms with Crippen molar-refractivity contribution in [2.45, 2.75) is 59.2 Å². The van der Waals surface area contributed by atoms with E-state index in [0.717, 1.165) is 0 Å². The van der Waals surface area contributed by atoms with Crippen LogP contribution in [0.25, 0.3) is 0 Å². The molecule has 0 aromatic carbocycles. The maximum atomic E-state index is 11.9. The Hall–Kier alpha value is -1.30. The number of hydrogen-bond acceptors (Lipinski definition) is 5. The largest absolute Gasteiger partial charge is 0.460 e. The molecule has 0 unspecified atom stereocenters. The number of esters is 1. The van der Waals surface area contributed by atoms with Crippen LogP contribution in [0.3, 0.4) is 0 Å². The normalized spacial score (nSPS) is 11.9. The molecule has 0 aromatic rings. The van der Waals surface area contributed by atoms with Crippen LogP contribution in [0, 0.1) is 0 Å². The highest BCUT2D eigenvalue weighted by Crippen LogP contribution is 2.11. The van der Waals surface area contributed by atoms with Crippen LogP contribution in [0.4, 0.5) is 4.79 Å². The third kappa shape index (κ3) is 9.61. The number of rotatable bonds is 5. The van der Waals surface area contributed by atoms with Crippen molar-refractivity contribution >= 4 is 12.1 Å². The van der Waals surface area contributed by atoms with Crippen molar-refractivity contribution in [3.05, 3.63) is 0 Å². The average molecular weight is 288 g/mol. The lowest BCUT2D eigenvalue weighted by Crippen LogP contribution is -2.41. The monoisotopic (exact) mass is 288 g/mol. The van der Waals surface area contributed by atoms with Gasteiger partial charge in [-0.05, 0) is 41.5 Å². The molecule has 0 aliphatic heterocycles. The lowest BCUT2D eigenvalue weighted by molar-refractivity contribution is -0.155. The van der Waals surface area contributed by atoms with Gasteiger partial charge in [-0.15, -0.1) is 0 Å². The van der Waals surface area contributed by atoms with Crippen molar-refractivity contribution in [1.82, 2.24) is 4.90 Å². The average Bonchev–Trinajstić information content (AvgIpc) is 2.18. The standard InChI is InChI=1S/C14H28N2O4/c1-13(2,3)19-11(17)7-9-16(10-8-15)12(18)20-14(4,5)6/h7-10,15H2,1-6H3. The van der Waals surface area contributed by atoms with Crippen LogP contribution in [0.2, 0.25) is 0 Å². The zero-order valence-corrected chi connectivity index (χ0v) is 13.5. The molecule has 2 N–H and O–H groups in total. The van der Waals surface area contributed by atoms with Crippen molar-refractivity contribution < 1.29 is 19.1 Å². The van der Waals surface area contributed by atoms with Gasteiger partial charge in [-0.25, -0.2) is 4.79 Å². The lowest BCUT2D eigenvalue weighted by Gasteiger charge is -2.27. The third-order valence-corrected chi connectivity index (χ3v) is 2.06. The van der Waals surface area contributed by atoms with Gasteiger partial charge in [0.1, 0.15) is 11.2 Å². The van der Waals surface area contributed by atoms with Gasteiger partial charge in [-0.3, -0.25) is 4.79 Å². The summed E-state index contributed by atoms with van der Waals surface area (Å²) in [7, 11) is 0. The second-order valence-electron chi connectivity index (χ2n) is 6.59. The van der Waals surface area contributed by atoms with E-state index >= 15 is 0 Å². The van der Waals surface area contributed by atoms with Crippen molar-refractivity contribution in [1.29, 1.82) is 0 Å². The Morgan fingerprint density at radius 3 is 1.85 bits per heavy atom. The zero-order chi connectivity index (χ0) is 16.0. The first-order chi connectivity index (χ1) is 8.94. The predicted molar refractivity (Wildman–Crippen MR) is 77.3 cm³/mol. The highest BCUT2D eigenvalue weighted by atomic mass is 16.6. The van der Waals surface area contributed by atoms with Crippen LogP contribution in [0.15, 0.2) is 0 Å².